The van der Waals surface area contributed by atoms with Gasteiger partial charge in [0.25, 0.3) is 0 Å². The van der Waals surface area contributed by atoms with Gasteiger partial charge in [0, 0.05) is 10.4 Å². The van der Waals surface area contributed by atoms with E-state index in [2.05, 4.69) is 49.9 Å². The molecule has 1 heterocycles. The second-order valence-electron chi connectivity index (χ2n) is 9.30. The number of fused-ring (bicyclic) bond motifs is 1. The zero-order valence-corrected chi connectivity index (χ0v) is 19.7. The Balaban J connectivity index is 1.39. The molecule has 0 bridgehead atoms. The number of hydrogen-bond donors (Lipinski definition) is 0. The molecule has 164 valence electrons. The number of rotatable bonds is 9. The zero-order chi connectivity index (χ0) is 21.6. The van der Waals surface area contributed by atoms with E-state index in [1.165, 1.54) is 55.4 Å². The predicted molar refractivity (Wildman–Crippen MR) is 134 cm³/mol. The summed E-state index contributed by atoms with van der Waals surface area (Å²) < 4.78 is 16.0. The lowest BCUT2D eigenvalue weighted by Gasteiger charge is -2.28. The van der Waals surface area contributed by atoms with E-state index in [4.69, 9.17) is 0 Å². The first-order valence-electron chi connectivity index (χ1n) is 12.1. The topological polar surface area (TPSA) is 0 Å². The lowest BCUT2D eigenvalue weighted by Crippen LogP contribution is -2.15. The summed E-state index contributed by atoms with van der Waals surface area (Å²) in [6.45, 7) is 6.10. The Kier molecular flexibility index (Phi) is 7.61. The minimum Gasteiger partial charge on any atom is -0.205 e. The van der Waals surface area contributed by atoms with Crippen molar-refractivity contribution in [1.82, 2.24) is 0 Å². The molecule has 1 fully saturated rings. The highest BCUT2D eigenvalue weighted by Gasteiger charge is 2.20. The lowest BCUT2D eigenvalue weighted by atomic mass is 9.78. The second-order valence-corrected chi connectivity index (χ2v) is 10.4. The molecule has 0 radical (unpaired) electrons. The fourth-order valence-corrected chi connectivity index (χ4v) is 6.26. The lowest BCUT2D eigenvalue weighted by molar-refractivity contribution is 0.252. The number of aryl methyl sites for hydroxylation is 2. The van der Waals surface area contributed by atoms with Gasteiger partial charge in [-0.1, -0.05) is 87.9 Å². The van der Waals surface area contributed by atoms with Gasteiger partial charge in [-0.05, 0) is 60.1 Å². The summed E-state index contributed by atoms with van der Waals surface area (Å²) in [6.07, 6.45) is 14.6. The molecule has 0 aliphatic heterocycles. The quantitative estimate of drug-likeness (QED) is 0.294. The van der Waals surface area contributed by atoms with Crippen LogP contribution in [0.25, 0.3) is 21.2 Å². The molecular weight excluding hydrogens is 399 g/mol. The zero-order valence-electron chi connectivity index (χ0n) is 18.8. The van der Waals surface area contributed by atoms with E-state index in [0.717, 1.165) is 46.7 Å². The minimum atomic E-state index is -0.0797. The molecule has 2 heteroatoms. The first kappa shape index (κ1) is 22.3. The predicted octanol–water partition coefficient (Wildman–Crippen LogP) is 9.37. The van der Waals surface area contributed by atoms with E-state index in [1.54, 1.807) is 11.3 Å². The standard InChI is InChI=1S/C29H35FS/c1-3-5-7-26-20-25-18-19-27(28(30)29(25)31-26)24-16-14-23(15-17-24)13-12-22-10-8-21(6-4-2)9-11-22/h3,14-22H,1,4-13H2,2H3. The van der Waals surface area contributed by atoms with Gasteiger partial charge in [-0.15, -0.1) is 17.9 Å². The van der Waals surface area contributed by atoms with Crippen LogP contribution in [0.3, 0.4) is 0 Å². The van der Waals surface area contributed by atoms with Crippen molar-refractivity contribution in [2.45, 2.75) is 71.1 Å². The highest BCUT2D eigenvalue weighted by molar-refractivity contribution is 7.19. The van der Waals surface area contributed by atoms with Gasteiger partial charge in [-0.25, -0.2) is 4.39 Å². The Bertz CT molecular complexity index is 989. The highest BCUT2D eigenvalue weighted by Crippen LogP contribution is 2.36. The van der Waals surface area contributed by atoms with Crippen LogP contribution in [-0.4, -0.2) is 0 Å². The molecule has 1 aliphatic rings. The molecule has 0 nitrogen and oxygen atoms in total. The number of halogens is 1. The number of hydrogen-bond acceptors (Lipinski definition) is 1. The Hall–Kier alpha value is -1.93. The van der Waals surface area contributed by atoms with E-state index in [-0.39, 0.29) is 5.82 Å². The summed E-state index contributed by atoms with van der Waals surface area (Å²) in [4.78, 5) is 1.23. The van der Waals surface area contributed by atoms with Crippen LogP contribution in [0.1, 0.15) is 68.7 Å². The van der Waals surface area contributed by atoms with Crippen LogP contribution >= 0.6 is 11.3 Å². The summed E-state index contributed by atoms with van der Waals surface area (Å²) in [5, 5.41) is 1.01. The Morgan fingerprint density at radius 3 is 2.35 bits per heavy atom. The van der Waals surface area contributed by atoms with Crippen LogP contribution in [-0.2, 0) is 12.8 Å². The van der Waals surface area contributed by atoms with Crippen molar-refractivity contribution in [3.8, 4) is 11.1 Å². The second kappa shape index (κ2) is 10.6. The summed E-state index contributed by atoms with van der Waals surface area (Å²) in [7, 11) is 0. The van der Waals surface area contributed by atoms with Gasteiger partial charge in [0.1, 0.15) is 5.82 Å². The van der Waals surface area contributed by atoms with E-state index >= 15 is 4.39 Å². The van der Waals surface area contributed by atoms with Gasteiger partial charge in [-0.2, -0.15) is 0 Å². The van der Waals surface area contributed by atoms with Gasteiger partial charge in [0.15, 0.2) is 0 Å². The molecule has 0 N–H and O–H groups in total. The highest BCUT2D eigenvalue weighted by atomic mass is 32.1. The van der Waals surface area contributed by atoms with Gasteiger partial charge in [0.05, 0.1) is 4.70 Å². The molecule has 3 aromatic rings. The molecule has 0 unspecified atom stereocenters. The van der Waals surface area contributed by atoms with Crippen LogP contribution in [0.15, 0.2) is 55.1 Å². The summed E-state index contributed by atoms with van der Waals surface area (Å²) in [5.74, 6) is 1.79. The van der Waals surface area contributed by atoms with E-state index in [1.807, 2.05) is 12.1 Å². The molecule has 0 saturated heterocycles. The molecule has 2 aromatic carbocycles. The van der Waals surface area contributed by atoms with E-state index in [0.29, 0.717) is 5.56 Å². The van der Waals surface area contributed by atoms with Gasteiger partial charge < -0.3 is 0 Å². The first-order valence-corrected chi connectivity index (χ1v) is 12.9. The maximum atomic E-state index is 15.3. The summed E-state index contributed by atoms with van der Waals surface area (Å²) in [6, 6.07) is 14.7. The van der Waals surface area contributed by atoms with Crippen LogP contribution in [0.5, 0.6) is 0 Å². The van der Waals surface area contributed by atoms with E-state index in [9.17, 15) is 0 Å². The summed E-state index contributed by atoms with van der Waals surface area (Å²) >= 11 is 1.58. The van der Waals surface area contributed by atoms with Gasteiger partial charge >= 0.3 is 0 Å². The van der Waals surface area contributed by atoms with Crippen LogP contribution in [0.4, 0.5) is 4.39 Å². The van der Waals surface area contributed by atoms with Crippen LogP contribution < -0.4 is 0 Å². The third-order valence-electron chi connectivity index (χ3n) is 7.04. The first-order chi connectivity index (χ1) is 15.2. The molecule has 4 rings (SSSR count). The molecular formula is C29H35FS. The van der Waals surface area contributed by atoms with Crippen molar-refractivity contribution in [2.75, 3.05) is 0 Å². The van der Waals surface area contributed by atoms with Gasteiger partial charge in [-0.3, -0.25) is 0 Å². The SMILES string of the molecule is C=CCCc1cc2ccc(-c3ccc(CCC4CCC(CCC)CC4)cc3)c(F)c2s1. The third kappa shape index (κ3) is 5.47. The molecule has 0 amide bonds. The smallest absolute Gasteiger partial charge is 0.148 e. The van der Waals surface area contributed by atoms with Crippen molar-refractivity contribution >= 4 is 21.4 Å². The van der Waals surface area contributed by atoms with Crippen molar-refractivity contribution in [3.05, 3.63) is 71.4 Å². The van der Waals surface area contributed by atoms with Crippen LogP contribution in [0.2, 0.25) is 0 Å². The average Bonchev–Trinajstić information content (AvgIpc) is 3.22. The molecule has 1 saturated carbocycles. The molecule has 31 heavy (non-hydrogen) atoms. The number of thiophene rings is 1. The monoisotopic (exact) mass is 434 g/mol. The Morgan fingerprint density at radius 2 is 1.68 bits per heavy atom. The fraction of sp³-hybridized carbons (Fsp3) is 0.448. The maximum Gasteiger partial charge on any atom is 0.148 e. The van der Waals surface area contributed by atoms with Crippen molar-refractivity contribution in [3.63, 3.8) is 0 Å². The summed E-state index contributed by atoms with van der Waals surface area (Å²) in [5.41, 5.74) is 3.07. The largest absolute Gasteiger partial charge is 0.205 e. The Morgan fingerprint density at radius 1 is 0.968 bits per heavy atom. The Labute approximate surface area is 191 Å². The minimum absolute atomic E-state index is 0.0797. The van der Waals surface area contributed by atoms with Gasteiger partial charge in [0.2, 0.25) is 0 Å². The number of allylic oxidation sites excluding steroid dienone is 1. The maximum absolute atomic E-state index is 15.3. The normalized spacial score (nSPS) is 19.0. The average molecular weight is 435 g/mol. The van der Waals surface area contributed by atoms with Crippen molar-refractivity contribution in [2.24, 2.45) is 11.8 Å². The van der Waals surface area contributed by atoms with Crippen molar-refractivity contribution < 1.29 is 4.39 Å². The molecule has 0 atom stereocenters. The molecule has 1 aromatic heterocycles. The molecule has 1 aliphatic carbocycles. The number of benzene rings is 2. The van der Waals surface area contributed by atoms with Crippen molar-refractivity contribution in [1.29, 1.82) is 0 Å². The third-order valence-corrected chi connectivity index (χ3v) is 8.24. The fourth-order valence-electron chi connectivity index (χ4n) is 5.15. The van der Waals surface area contributed by atoms with E-state index < -0.39 is 0 Å². The van der Waals surface area contributed by atoms with Crippen LogP contribution in [0, 0.1) is 17.7 Å². The molecule has 0 spiro atoms.